The number of carbonyl (C=O) groups is 1. The lowest BCUT2D eigenvalue weighted by Crippen LogP contribution is -2.35. The SMILES string of the molecule is CN(C)CCCN(CCCN(C)C)C(=O)CCCCl. The summed E-state index contributed by atoms with van der Waals surface area (Å²) >= 11 is 5.66. The number of hydrogen-bond donors (Lipinski definition) is 0. The molecule has 0 bridgehead atoms. The maximum absolute atomic E-state index is 12.1. The van der Waals surface area contributed by atoms with Crippen molar-refractivity contribution < 1.29 is 4.79 Å². The molecule has 4 nitrogen and oxygen atoms in total. The summed E-state index contributed by atoms with van der Waals surface area (Å²) in [4.78, 5) is 18.4. The molecule has 0 heterocycles. The van der Waals surface area contributed by atoms with Gasteiger partial charge in [-0.05, 0) is 60.5 Å². The maximum atomic E-state index is 12.1. The van der Waals surface area contributed by atoms with Crippen molar-refractivity contribution in [3.63, 3.8) is 0 Å². The predicted molar refractivity (Wildman–Crippen MR) is 82.9 cm³/mol. The molecule has 0 fully saturated rings. The Labute approximate surface area is 123 Å². The molecule has 0 unspecified atom stereocenters. The molecule has 114 valence electrons. The third-order valence-corrected chi connectivity index (χ3v) is 3.21. The molecule has 0 radical (unpaired) electrons. The second-order valence-electron chi connectivity index (χ2n) is 5.49. The van der Waals surface area contributed by atoms with Gasteiger partial charge in [0.25, 0.3) is 0 Å². The highest BCUT2D eigenvalue weighted by atomic mass is 35.5. The first-order valence-electron chi connectivity index (χ1n) is 7.10. The summed E-state index contributed by atoms with van der Waals surface area (Å²) in [6.07, 6.45) is 3.41. The first kappa shape index (κ1) is 18.7. The van der Waals surface area contributed by atoms with Crippen molar-refractivity contribution in [3.05, 3.63) is 0 Å². The van der Waals surface area contributed by atoms with Crippen LogP contribution in [0.1, 0.15) is 25.7 Å². The summed E-state index contributed by atoms with van der Waals surface area (Å²) in [5.74, 6) is 0.813. The van der Waals surface area contributed by atoms with Crippen LogP contribution in [0.15, 0.2) is 0 Å². The lowest BCUT2D eigenvalue weighted by Gasteiger charge is -2.24. The monoisotopic (exact) mass is 291 g/mol. The molecule has 0 aromatic heterocycles. The standard InChI is InChI=1S/C14H30ClN3O/c1-16(2)10-6-12-18(13-7-11-17(3)4)14(19)8-5-9-15/h5-13H2,1-4H3. The molecule has 0 aliphatic carbocycles. The number of alkyl halides is 1. The maximum Gasteiger partial charge on any atom is 0.222 e. The van der Waals surface area contributed by atoms with Gasteiger partial charge in [0.15, 0.2) is 0 Å². The van der Waals surface area contributed by atoms with E-state index in [2.05, 4.69) is 38.0 Å². The van der Waals surface area contributed by atoms with Crippen LogP contribution in [0.25, 0.3) is 0 Å². The van der Waals surface area contributed by atoms with E-state index in [1.807, 2.05) is 4.90 Å². The topological polar surface area (TPSA) is 26.8 Å². The van der Waals surface area contributed by atoms with Gasteiger partial charge in [-0.25, -0.2) is 0 Å². The summed E-state index contributed by atoms with van der Waals surface area (Å²) in [5, 5.41) is 0. The highest BCUT2D eigenvalue weighted by molar-refractivity contribution is 6.17. The smallest absolute Gasteiger partial charge is 0.222 e. The molecule has 0 atom stereocenters. The van der Waals surface area contributed by atoms with E-state index in [0.717, 1.165) is 45.4 Å². The van der Waals surface area contributed by atoms with Gasteiger partial charge >= 0.3 is 0 Å². The van der Waals surface area contributed by atoms with Crippen LogP contribution < -0.4 is 0 Å². The van der Waals surface area contributed by atoms with Crippen molar-refractivity contribution in [2.24, 2.45) is 0 Å². The molecule has 0 aromatic rings. The van der Waals surface area contributed by atoms with Crippen molar-refractivity contribution in [2.45, 2.75) is 25.7 Å². The van der Waals surface area contributed by atoms with Gasteiger partial charge in [0, 0.05) is 25.4 Å². The van der Waals surface area contributed by atoms with Crippen LogP contribution in [-0.4, -0.2) is 80.9 Å². The second-order valence-corrected chi connectivity index (χ2v) is 5.86. The lowest BCUT2D eigenvalue weighted by molar-refractivity contribution is -0.131. The average Bonchev–Trinajstić information content (AvgIpc) is 2.33. The predicted octanol–water partition coefficient (Wildman–Crippen LogP) is 1.74. The fraction of sp³-hybridized carbons (Fsp3) is 0.929. The number of carbonyl (C=O) groups excluding carboxylic acids is 1. The Morgan fingerprint density at radius 1 is 0.842 bits per heavy atom. The zero-order valence-corrected chi connectivity index (χ0v) is 13.7. The molecule has 0 aromatic carbocycles. The third-order valence-electron chi connectivity index (χ3n) is 2.94. The molecular formula is C14H30ClN3O. The second kappa shape index (κ2) is 11.5. The number of hydrogen-bond acceptors (Lipinski definition) is 3. The molecule has 0 rings (SSSR count). The van der Waals surface area contributed by atoms with Gasteiger partial charge in [0.1, 0.15) is 0 Å². The molecule has 19 heavy (non-hydrogen) atoms. The van der Waals surface area contributed by atoms with E-state index in [-0.39, 0.29) is 5.91 Å². The Morgan fingerprint density at radius 2 is 1.32 bits per heavy atom. The fourth-order valence-electron chi connectivity index (χ4n) is 1.89. The van der Waals surface area contributed by atoms with E-state index < -0.39 is 0 Å². The van der Waals surface area contributed by atoms with Crippen LogP contribution in [0.2, 0.25) is 0 Å². The molecule has 1 amide bonds. The van der Waals surface area contributed by atoms with Gasteiger partial charge in [-0.3, -0.25) is 4.79 Å². The zero-order valence-electron chi connectivity index (χ0n) is 13.0. The lowest BCUT2D eigenvalue weighted by atomic mass is 10.2. The number of amides is 1. The van der Waals surface area contributed by atoms with E-state index in [1.165, 1.54) is 0 Å². The first-order valence-corrected chi connectivity index (χ1v) is 7.64. The quantitative estimate of drug-likeness (QED) is 0.543. The largest absolute Gasteiger partial charge is 0.343 e. The Bertz CT molecular complexity index is 221. The molecule has 0 aliphatic rings. The van der Waals surface area contributed by atoms with E-state index in [9.17, 15) is 4.79 Å². The molecular weight excluding hydrogens is 262 g/mol. The molecule has 0 N–H and O–H groups in total. The van der Waals surface area contributed by atoms with Gasteiger partial charge < -0.3 is 14.7 Å². The fourth-order valence-corrected chi connectivity index (χ4v) is 2.03. The van der Waals surface area contributed by atoms with E-state index in [4.69, 9.17) is 11.6 Å². The van der Waals surface area contributed by atoms with Crippen LogP contribution in [0.3, 0.4) is 0 Å². The Kier molecular flexibility index (Phi) is 11.3. The van der Waals surface area contributed by atoms with Crippen molar-refractivity contribution in [3.8, 4) is 0 Å². The Balaban J connectivity index is 4.09. The average molecular weight is 292 g/mol. The summed E-state index contributed by atoms with van der Waals surface area (Å²) < 4.78 is 0. The number of halogens is 1. The van der Waals surface area contributed by atoms with E-state index >= 15 is 0 Å². The summed E-state index contributed by atoms with van der Waals surface area (Å²) in [6, 6.07) is 0. The first-order chi connectivity index (χ1) is 8.97. The van der Waals surface area contributed by atoms with E-state index in [1.54, 1.807) is 0 Å². The Hall–Kier alpha value is -0.320. The highest BCUT2D eigenvalue weighted by Gasteiger charge is 2.12. The minimum atomic E-state index is 0.248. The normalized spacial score (nSPS) is 11.3. The number of nitrogens with zero attached hydrogens (tertiary/aromatic N) is 3. The van der Waals surface area contributed by atoms with E-state index in [0.29, 0.717) is 12.3 Å². The van der Waals surface area contributed by atoms with Crippen molar-refractivity contribution in [1.82, 2.24) is 14.7 Å². The van der Waals surface area contributed by atoms with Crippen molar-refractivity contribution in [1.29, 1.82) is 0 Å². The van der Waals surface area contributed by atoms with Crippen molar-refractivity contribution in [2.75, 3.05) is 60.2 Å². The van der Waals surface area contributed by atoms with Crippen LogP contribution in [0.5, 0.6) is 0 Å². The number of rotatable bonds is 11. The van der Waals surface area contributed by atoms with Crippen LogP contribution in [0, 0.1) is 0 Å². The molecule has 0 spiro atoms. The van der Waals surface area contributed by atoms with Gasteiger partial charge in [0.2, 0.25) is 5.91 Å². The van der Waals surface area contributed by atoms with Gasteiger partial charge in [-0.15, -0.1) is 11.6 Å². The summed E-state index contributed by atoms with van der Waals surface area (Å²) in [5.41, 5.74) is 0. The van der Waals surface area contributed by atoms with Crippen LogP contribution >= 0.6 is 11.6 Å². The highest BCUT2D eigenvalue weighted by Crippen LogP contribution is 2.03. The molecule has 0 aliphatic heterocycles. The minimum absolute atomic E-state index is 0.248. The van der Waals surface area contributed by atoms with Crippen LogP contribution in [-0.2, 0) is 4.79 Å². The third kappa shape index (κ3) is 11.2. The molecule has 5 heteroatoms. The Morgan fingerprint density at radius 3 is 1.68 bits per heavy atom. The molecule has 0 saturated carbocycles. The minimum Gasteiger partial charge on any atom is -0.343 e. The zero-order chi connectivity index (χ0) is 14.7. The van der Waals surface area contributed by atoms with Gasteiger partial charge in [-0.2, -0.15) is 0 Å². The van der Waals surface area contributed by atoms with Gasteiger partial charge in [-0.1, -0.05) is 0 Å². The molecule has 0 saturated heterocycles. The van der Waals surface area contributed by atoms with Gasteiger partial charge in [0.05, 0.1) is 0 Å². The summed E-state index contributed by atoms with van der Waals surface area (Å²) in [6.45, 7) is 3.75. The van der Waals surface area contributed by atoms with Crippen molar-refractivity contribution >= 4 is 17.5 Å². The summed E-state index contributed by atoms with van der Waals surface area (Å²) in [7, 11) is 8.24. The van der Waals surface area contributed by atoms with Crippen LogP contribution in [0.4, 0.5) is 0 Å².